The van der Waals surface area contributed by atoms with E-state index in [1.807, 2.05) is 0 Å². The number of hydrogen-bond acceptors (Lipinski definition) is 1. The summed E-state index contributed by atoms with van der Waals surface area (Å²) in [4.78, 5) is 0.729. The van der Waals surface area contributed by atoms with Crippen LogP contribution in [0.25, 0.3) is 0 Å². The zero-order valence-corrected chi connectivity index (χ0v) is 10.8. The van der Waals surface area contributed by atoms with E-state index in [1.54, 1.807) is 0 Å². The molecular formula is C12H21BrO. The lowest BCUT2D eigenvalue weighted by Crippen LogP contribution is -2.37. The minimum absolute atomic E-state index is 0.561. The van der Waals surface area contributed by atoms with Crippen molar-refractivity contribution in [3.8, 4) is 0 Å². The van der Waals surface area contributed by atoms with E-state index in [4.69, 9.17) is 4.74 Å². The van der Waals surface area contributed by atoms with Gasteiger partial charge in [0.25, 0.3) is 0 Å². The van der Waals surface area contributed by atoms with Crippen LogP contribution >= 0.6 is 15.9 Å². The van der Waals surface area contributed by atoms with Crippen molar-refractivity contribution in [1.29, 1.82) is 0 Å². The van der Waals surface area contributed by atoms with Crippen molar-refractivity contribution in [3.63, 3.8) is 0 Å². The second kappa shape index (κ2) is 4.13. The van der Waals surface area contributed by atoms with Gasteiger partial charge >= 0.3 is 0 Å². The Labute approximate surface area is 95.7 Å². The lowest BCUT2D eigenvalue weighted by molar-refractivity contribution is -0.0727. The summed E-state index contributed by atoms with van der Waals surface area (Å²) in [6.45, 7) is 4.75. The van der Waals surface area contributed by atoms with Gasteiger partial charge in [-0.3, -0.25) is 0 Å². The lowest BCUT2D eigenvalue weighted by Gasteiger charge is -2.39. The summed E-state index contributed by atoms with van der Waals surface area (Å²) in [6.07, 6.45) is 8.79. The Balaban J connectivity index is 1.69. The Morgan fingerprint density at radius 3 is 2.14 bits per heavy atom. The molecule has 0 unspecified atom stereocenters. The van der Waals surface area contributed by atoms with Gasteiger partial charge in [-0.2, -0.15) is 0 Å². The summed E-state index contributed by atoms with van der Waals surface area (Å²) in [5, 5.41) is 0. The molecule has 0 radical (unpaired) electrons. The molecule has 0 saturated heterocycles. The highest BCUT2D eigenvalue weighted by Crippen LogP contribution is 2.38. The number of alkyl halides is 1. The Bertz CT molecular complexity index is 186. The Morgan fingerprint density at radius 2 is 1.64 bits per heavy atom. The smallest absolute Gasteiger partial charge is 0.0600 e. The van der Waals surface area contributed by atoms with Gasteiger partial charge in [0.1, 0.15) is 0 Å². The van der Waals surface area contributed by atoms with Crippen molar-refractivity contribution >= 4 is 15.9 Å². The highest BCUT2D eigenvalue weighted by molar-refractivity contribution is 9.09. The van der Waals surface area contributed by atoms with Gasteiger partial charge in [-0.05, 0) is 43.9 Å². The molecule has 0 amide bonds. The van der Waals surface area contributed by atoms with Crippen LogP contribution < -0.4 is 0 Å². The van der Waals surface area contributed by atoms with Crippen molar-refractivity contribution in [1.82, 2.24) is 0 Å². The molecular weight excluding hydrogens is 240 g/mol. The predicted molar refractivity (Wildman–Crippen MR) is 62.9 cm³/mol. The van der Waals surface area contributed by atoms with Crippen LogP contribution in [0.3, 0.4) is 0 Å². The summed E-state index contributed by atoms with van der Waals surface area (Å²) >= 11 is 3.60. The Morgan fingerprint density at radius 1 is 1.07 bits per heavy atom. The summed E-state index contributed by atoms with van der Waals surface area (Å²) in [7, 11) is 0. The van der Waals surface area contributed by atoms with E-state index in [9.17, 15) is 0 Å². The van der Waals surface area contributed by atoms with Crippen LogP contribution in [0.1, 0.15) is 52.4 Å². The van der Waals surface area contributed by atoms with Crippen LogP contribution in [-0.4, -0.2) is 17.0 Å². The average molecular weight is 261 g/mol. The number of ether oxygens (including phenoxy) is 1. The minimum Gasteiger partial charge on any atom is -0.375 e. The van der Waals surface area contributed by atoms with Crippen molar-refractivity contribution in [2.45, 2.75) is 69.4 Å². The maximum Gasteiger partial charge on any atom is 0.0600 e. The maximum atomic E-state index is 6.06. The van der Waals surface area contributed by atoms with Crippen LogP contribution in [0.4, 0.5) is 0 Å². The number of hydrogen-bond donors (Lipinski definition) is 0. The normalized spacial score (nSPS) is 37.9. The first-order chi connectivity index (χ1) is 6.55. The molecule has 0 aromatic carbocycles. The minimum atomic E-state index is 0.561. The number of halogens is 1. The van der Waals surface area contributed by atoms with E-state index in [-0.39, 0.29) is 0 Å². The Kier molecular flexibility index (Phi) is 3.23. The highest BCUT2D eigenvalue weighted by Gasteiger charge is 2.33. The molecule has 0 N–H and O–H groups in total. The van der Waals surface area contributed by atoms with Gasteiger partial charge in [-0.1, -0.05) is 29.8 Å². The maximum absolute atomic E-state index is 6.06. The fourth-order valence-electron chi connectivity index (χ4n) is 2.39. The van der Waals surface area contributed by atoms with Gasteiger partial charge in [0.05, 0.1) is 12.2 Å². The molecule has 0 aromatic rings. The van der Waals surface area contributed by atoms with E-state index in [1.165, 1.54) is 38.5 Å². The van der Waals surface area contributed by atoms with E-state index in [0.29, 0.717) is 17.6 Å². The first kappa shape index (κ1) is 10.9. The molecule has 0 atom stereocenters. The lowest BCUT2D eigenvalue weighted by atomic mass is 9.76. The molecule has 2 fully saturated rings. The second-order valence-electron chi connectivity index (χ2n) is 5.69. The molecule has 82 valence electrons. The molecule has 14 heavy (non-hydrogen) atoms. The van der Waals surface area contributed by atoms with Crippen molar-refractivity contribution in [2.24, 2.45) is 5.41 Å². The van der Waals surface area contributed by atoms with Crippen LogP contribution in [0.5, 0.6) is 0 Å². The molecule has 1 nitrogen and oxygen atoms in total. The van der Waals surface area contributed by atoms with Crippen LogP contribution in [0.15, 0.2) is 0 Å². The second-order valence-corrected chi connectivity index (χ2v) is 6.99. The van der Waals surface area contributed by atoms with Gasteiger partial charge < -0.3 is 4.74 Å². The third-order valence-electron chi connectivity index (χ3n) is 3.71. The summed E-state index contributed by atoms with van der Waals surface area (Å²) < 4.78 is 6.06. The first-order valence-electron chi connectivity index (χ1n) is 5.85. The monoisotopic (exact) mass is 260 g/mol. The molecule has 2 aliphatic carbocycles. The van der Waals surface area contributed by atoms with E-state index in [2.05, 4.69) is 29.8 Å². The standard InChI is InChI=1S/C12H21BrO/c1-12(2)5-3-10(4-6-12)14-11-7-9(13)8-11/h9-11H,3-8H2,1-2H3. The fraction of sp³-hybridized carbons (Fsp3) is 1.00. The van der Waals surface area contributed by atoms with E-state index >= 15 is 0 Å². The van der Waals surface area contributed by atoms with Gasteiger partial charge in [0.15, 0.2) is 0 Å². The zero-order chi connectivity index (χ0) is 10.2. The molecule has 2 aliphatic rings. The Hall–Kier alpha value is 0.440. The molecule has 0 aliphatic heterocycles. The summed E-state index contributed by atoms with van der Waals surface area (Å²) in [6, 6.07) is 0. The quantitative estimate of drug-likeness (QED) is 0.685. The van der Waals surface area contributed by atoms with E-state index in [0.717, 1.165) is 4.83 Å². The largest absolute Gasteiger partial charge is 0.375 e. The summed E-state index contributed by atoms with van der Waals surface area (Å²) in [5.41, 5.74) is 0.567. The van der Waals surface area contributed by atoms with Gasteiger partial charge in [-0.25, -0.2) is 0 Å². The molecule has 2 rings (SSSR count). The molecule has 2 heteroatoms. The third kappa shape index (κ3) is 2.73. The predicted octanol–water partition coefficient (Wildman–Crippen LogP) is 3.90. The average Bonchev–Trinajstić information content (AvgIpc) is 2.06. The van der Waals surface area contributed by atoms with Crippen LogP contribution in [0, 0.1) is 5.41 Å². The van der Waals surface area contributed by atoms with Gasteiger partial charge in [0, 0.05) is 4.83 Å². The SMILES string of the molecule is CC1(C)CCC(OC2CC(Br)C2)CC1. The fourth-order valence-corrected chi connectivity index (χ4v) is 3.23. The first-order valence-corrected chi connectivity index (χ1v) is 6.76. The molecule has 0 aromatic heterocycles. The van der Waals surface area contributed by atoms with Crippen molar-refractivity contribution in [3.05, 3.63) is 0 Å². The molecule has 0 heterocycles. The summed E-state index contributed by atoms with van der Waals surface area (Å²) in [5.74, 6) is 0. The molecule has 0 bridgehead atoms. The topological polar surface area (TPSA) is 9.23 Å². The number of rotatable bonds is 2. The van der Waals surface area contributed by atoms with Gasteiger partial charge in [0.2, 0.25) is 0 Å². The zero-order valence-electron chi connectivity index (χ0n) is 9.26. The molecule has 2 saturated carbocycles. The van der Waals surface area contributed by atoms with Crippen molar-refractivity contribution in [2.75, 3.05) is 0 Å². The highest BCUT2D eigenvalue weighted by atomic mass is 79.9. The molecule has 0 spiro atoms. The van der Waals surface area contributed by atoms with Crippen LogP contribution in [0.2, 0.25) is 0 Å². The van der Waals surface area contributed by atoms with Gasteiger partial charge in [-0.15, -0.1) is 0 Å². The van der Waals surface area contributed by atoms with Crippen molar-refractivity contribution < 1.29 is 4.74 Å². The third-order valence-corrected chi connectivity index (χ3v) is 4.46. The van der Waals surface area contributed by atoms with E-state index < -0.39 is 0 Å². The van der Waals surface area contributed by atoms with Crippen LogP contribution in [-0.2, 0) is 4.74 Å².